The van der Waals surface area contributed by atoms with E-state index in [0.29, 0.717) is 18.4 Å². The molecule has 3 unspecified atom stereocenters. The number of carboxylic acid groups (broad SMARTS) is 1. The van der Waals surface area contributed by atoms with Crippen molar-refractivity contribution in [3.8, 4) is 0 Å². The summed E-state index contributed by atoms with van der Waals surface area (Å²) in [6, 6.07) is 0. The molecule has 5 atom stereocenters. The highest BCUT2D eigenvalue weighted by Crippen LogP contribution is 2.38. The van der Waals surface area contributed by atoms with E-state index in [0.717, 1.165) is 0 Å². The quantitative estimate of drug-likeness (QED) is 0.790. The average Bonchev–Trinajstić information content (AvgIpc) is 3.33. The molecule has 0 aromatic rings. The van der Waals surface area contributed by atoms with Crippen LogP contribution in [0.2, 0.25) is 0 Å². The number of allylic oxidation sites excluding steroid dienone is 2. The van der Waals surface area contributed by atoms with E-state index in [1.165, 1.54) is 0 Å². The van der Waals surface area contributed by atoms with Gasteiger partial charge in [-0.25, -0.2) is 17.2 Å². The molecular weight excluding hydrogens is 338 g/mol. The molecule has 3 aliphatic carbocycles. The number of alkyl halides is 2. The molecule has 4 nitrogen and oxygen atoms in total. The molecule has 3 aliphatic rings. The minimum absolute atomic E-state index is 0.0562. The van der Waals surface area contributed by atoms with Crippen LogP contribution in [0.1, 0.15) is 38.5 Å². The summed E-state index contributed by atoms with van der Waals surface area (Å²) in [6.45, 7) is 0. The van der Waals surface area contributed by atoms with Crippen molar-refractivity contribution in [2.24, 2.45) is 11.8 Å². The maximum atomic E-state index is 13.3. The maximum absolute atomic E-state index is 13.3. The Balaban J connectivity index is 1.66. The largest absolute Gasteiger partial charge is 0.481 e. The van der Waals surface area contributed by atoms with Gasteiger partial charge in [0.1, 0.15) is 12.3 Å². The predicted octanol–water partition coefficient (Wildman–Crippen LogP) is 3.00. The van der Waals surface area contributed by atoms with Crippen molar-refractivity contribution in [1.82, 2.24) is 0 Å². The van der Waals surface area contributed by atoms with Crippen LogP contribution in [0.5, 0.6) is 0 Å². The first kappa shape index (κ1) is 17.6. The molecule has 7 heteroatoms. The molecule has 2 saturated carbocycles. The Kier molecular flexibility index (Phi) is 4.82. The maximum Gasteiger partial charge on any atom is 0.310 e. The molecule has 0 spiro atoms. The van der Waals surface area contributed by atoms with Crippen molar-refractivity contribution >= 4 is 15.8 Å². The molecule has 2 fully saturated rings. The zero-order chi connectivity index (χ0) is 17.5. The van der Waals surface area contributed by atoms with Crippen molar-refractivity contribution in [3.63, 3.8) is 0 Å². The first-order valence-electron chi connectivity index (χ1n) is 8.41. The number of rotatable bonds is 6. The topological polar surface area (TPSA) is 71.4 Å². The van der Waals surface area contributed by atoms with Crippen molar-refractivity contribution < 1.29 is 27.1 Å². The van der Waals surface area contributed by atoms with E-state index in [2.05, 4.69) is 0 Å². The summed E-state index contributed by atoms with van der Waals surface area (Å²) in [5.74, 6) is -2.17. The van der Waals surface area contributed by atoms with Crippen LogP contribution in [0.4, 0.5) is 8.78 Å². The molecule has 0 amide bonds. The summed E-state index contributed by atoms with van der Waals surface area (Å²) in [7, 11) is -3.17. The fraction of sp³-hybridized carbons (Fsp3) is 0.706. The van der Waals surface area contributed by atoms with Crippen LogP contribution in [-0.4, -0.2) is 42.3 Å². The summed E-state index contributed by atoms with van der Waals surface area (Å²) < 4.78 is 51.1. The Hall–Kier alpha value is -1.24. The van der Waals surface area contributed by atoms with Gasteiger partial charge in [-0.3, -0.25) is 4.79 Å². The van der Waals surface area contributed by atoms with Gasteiger partial charge in [0, 0.05) is 0 Å². The van der Waals surface area contributed by atoms with E-state index in [-0.39, 0.29) is 36.9 Å². The Morgan fingerprint density at radius 1 is 1.25 bits per heavy atom. The van der Waals surface area contributed by atoms with Crippen LogP contribution in [0, 0.1) is 11.8 Å². The molecule has 134 valence electrons. The summed E-state index contributed by atoms with van der Waals surface area (Å²) in [5, 5.41) is 8.63. The van der Waals surface area contributed by atoms with Crippen LogP contribution in [0.3, 0.4) is 0 Å². The number of aliphatic carboxylic acids is 1. The Morgan fingerprint density at radius 2 is 1.88 bits per heavy atom. The second-order valence-electron chi connectivity index (χ2n) is 7.12. The molecule has 24 heavy (non-hydrogen) atoms. The number of hydrogen-bond donors (Lipinski definition) is 1. The summed E-state index contributed by atoms with van der Waals surface area (Å²) >= 11 is 0. The van der Waals surface area contributed by atoms with Crippen molar-refractivity contribution in [2.75, 3.05) is 0 Å². The van der Waals surface area contributed by atoms with Gasteiger partial charge in [0.25, 0.3) is 0 Å². The van der Waals surface area contributed by atoms with E-state index in [1.54, 1.807) is 18.2 Å². The van der Waals surface area contributed by atoms with Crippen LogP contribution in [-0.2, 0) is 14.6 Å². The zero-order valence-electron chi connectivity index (χ0n) is 13.3. The van der Waals surface area contributed by atoms with Crippen LogP contribution in [0.25, 0.3) is 0 Å². The monoisotopic (exact) mass is 360 g/mol. The number of carbonyl (C=O) groups is 1. The highest BCUT2D eigenvalue weighted by molar-refractivity contribution is 7.93. The fourth-order valence-electron chi connectivity index (χ4n) is 3.70. The molecule has 0 radical (unpaired) electrons. The van der Waals surface area contributed by atoms with E-state index in [9.17, 15) is 27.1 Å². The van der Waals surface area contributed by atoms with Gasteiger partial charge in [0.2, 0.25) is 0 Å². The number of hydrogen-bond acceptors (Lipinski definition) is 3. The predicted molar refractivity (Wildman–Crippen MR) is 85.8 cm³/mol. The highest BCUT2D eigenvalue weighted by atomic mass is 32.2. The fourth-order valence-corrected chi connectivity index (χ4v) is 5.65. The molecule has 0 aliphatic heterocycles. The van der Waals surface area contributed by atoms with Gasteiger partial charge in [-0.1, -0.05) is 18.2 Å². The second kappa shape index (κ2) is 6.58. The van der Waals surface area contributed by atoms with Gasteiger partial charge in [-0.15, -0.1) is 0 Å². The SMILES string of the molecule is O=C(O)C(CC1C[C@@H](F)[C@@H](F)C1)C1=CCC(S(=O)(=O)C2CC2)C=C1. The zero-order valence-corrected chi connectivity index (χ0v) is 14.1. The van der Waals surface area contributed by atoms with Crippen LogP contribution >= 0.6 is 0 Å². The van der Waals surface area contributed by atoms with Gasteiger partial charge in [0.05, 0.1) is 16.4 Å². The lowest BCUT2D eigenvalue weighted by Crippen LogP contribution is -2.26. The van der Waals surface area contributed by atoms with Gasteiger partial charge >= 0.3 is 5.97 Å². The molecule has 3 rings (SSSR count). The van der Waals surface area contributed by atoms with E-state index >= 15 is 0 Å². The van der Waals surface area contributed by atoms with Crippen LogP contribution in [0.15, 0.2) is 23.8 Å². The standard InChI is InChI=1S/C17H22F2O4S/c18-15-8-10(9-16(15)19)7-14(17(20)21)11-1-3-12(4-2-11)24(22,23)13-5-6-13/h1-3,10,12-16H,4-9H2,(H,20,21)/t10?,12?,14?,15-,16+. The second-order valence-corrected chi connectivity index (χ2v) is 9.57. The minimum Gasteiger partial charge on any atom is -0.481 e. The van der Waals surface area contributed by atoms with Crippen molar-refractivity contribution in [3.05, 3.63) is 23.8 Å². The summed E-state index contributed by atoms with van der Waals surface area (Å²) in [6.07, 6.45) is 3.78. The van der Waals surface area contributed by atoms with Gasteiger partial charge < -0.3 is 5.11 Å². The lowest BCUT2D eigenvalue weighted by atomic mass is 9.85. The molecular formula is C17H22F2O4S. The Morgan fingerprint density at radius 3 is 2.33 bits per heavy atom. The van der Waals surface area contributed by atoms with Gasteiger partial charge in [0.15, 0.2) is 9.84 Å². The first-order valence-corrected chi connectivity index (χ1v) is 10.0. The third-order valence-electron chi connectivity index (χ3n) is 5.28. The summed E-state index contributed by atoms with van der Waals surface area (Å²) in [4.78, 5) is 11.6. The number of carboxylic acids is 1. The molecule has 0 aromatic carbocycles. The average molecular weight is 360 g/mol. The van der Waals surface area contributed by atoms with Gasteiger partial charge in [-0.05, 0) is 50.0 Å². The molecule has 0 saturated heterocycles. The summed E-state index contributed by atoms with van der Waals surface area (Å²) in [5.41, 5.74) is 0.544. The third-order valence-corrected chi connectivity index (χ3v) is 7.87. The van der Waals surface area contributed by atoms with Crippen LogP contribution < -0.4 is 0 Å². The third kappa shape index (κ3) is 3.55. The van der Waals surface area contributed by atoms with E-state index < -0.39 is 39.3 Å². The molecule has 1 N–H and O–H groups in total. The smallest absolute Gasteiger partial charge is 0.310 e. The minimum atomic E-state index is -3.17. The lowest BCUT2D eigenvalue weighted by Gasteiger charge is -2.22. The number of sulfone groups is 1. The van der Waals surface area contributed by atoms with Crippen molar-refractivity contribution in [2.45, 2.75) is 61.4 Å². The highest BCUT2D eigenvalue weighted by Gasteiger charge is 2.41. The molecule has 0 aromatic heterocycles. The Labute approximate surface area is 140 Å². The number of halogens is 2. The van der Waals surface area contributed by atoms with Crippen molar-refractivity contribution in [1.29, 1.82) is 0 Å². The molecule has 0 bridgehead atoms. The van der Waals surface area contributed by atoms with E-state index in [4.69, 9.17) is 0 Å². The van der Waals surface area contributed by atoms with E-state index in [1.807, 2.05) is 0 Å². The molecule has 0 heterocycles. The Bertz CT molecular complexity index is 656. The normalized spacial score (nSPS) is 34.8. The van der Waals surface area contributed by atoms with Gasteiger partial charge in [-0.2, -0.15) is 0 Å². The lowest BCUT2D eigenvalue weighted by molar-refractivity contribution is -0.140. The first-order chi connectivity index (χ1) is 11.3.